The molecule has 0 radical (unpaired) electrons. The summed E-state index contributed by atoms with van der Waals surface area (Å²) in [5.74, 6) is 0.640. The monoisotopic (exact) mass is 322 g/mol. The molecule has 24 heavy (non-hydrogen) atoms. The number of nitrogens with zero attached hydrogens (tertiary/aromatic N) is 4. The topological polar surface area (TPSA) is 106 Å². The summed E-state index contributed by atoms with van der Waals surface area (Å²) in [6, 6.07) is 12.7. The second-order valence-electron chi connectivity index (χ2n) is 5.01. The SMILES string of the molecule is Cc1ccc(Nc2ncnc(Nc3ccccn3)c2[N+](=O)[O-])cc1. The number of aromatic nitrogens is 3. The lowest BCUT2D eigenvalue weighted by atomic mass is 10.2. The molecule has 0 unspecified atom stereocenters. The maximum atomic E-state index is 11.5. The largest absolute Gasteiger partial charge is 0.353 e. The Kier molecular flexibility index (Phi) is 4.28. The van der Waals surface area contributed by atoms with E-state index in [2.05, 4.69) is 25.6 Å². The third-order valence-electron chi connectivity index (χ3n) is 3.23. The number of nitro groups is 1. The summed E-state index contributed by atoms with van der Waals surface area (Å²) < 4.78 is 0. The molecule has 1 aromatic carbocycles. The van der Waals surface area contributed by atoms with Crippen LogP contribution in [0, 0.1) is 17.0 Å². The molecule has 0 aliphatic rings. The van der Waals surface area contributed by atoms with Crippen LogP contribution in [0.2, 0.25) is 0 Å². The standard InChI is InChI=1S/C16H14N6O2/c1-11-5-7-12(8-6-11)20-15-14(22(23)24)16(19-10-18-15)21-13-4-2-3-9-17-13/h2-10H,1H3,(H2,17,18,19,20,21). The van der Waals surface area contributed by atoms with Crippen LogP contribution in [0.3, 0.4) is 0 Å². The number of nitrogens with one attached hydrogen (secondary N) is 2. The number of benzene rings is 1. The summed E-state index contributed by atoms with van der Waals surface area (Å²) in [6.45, 7) is 1.96. The fourth-order valence-electron chi connectivity index (χ4n) is 2.07. The zero-order valence-electron chi connectivity index (χ0n) is 12.8. The van der Waals surface area contributed by atoms with Gasteiger partial charge in [-0.3, -0.25) is 10.1 Å². The fraction of sp³-hybridized carbons (Fsp3) is 0.0625. The molecular formula is C16H14N6O2. The molecule has 0 amide bonds. The minimum absolute atomic E-state index is 0.0725. The molecule has 8 heteroatoms. The van der Waals surface area contributed by atoms with Gasteiger partial charge in [-0.2, -0.15) is 0 Å². The highest BCUT2D eigenvalue weighted by atomic mass is 16.6. The first-order valence-electron chi connectivity index (χ1n) is 7.14. The Morgan fingerprint density at radius 3 is 2.29 bits per heavy atom. The second kappa shape index (κ2) is 6.69. The van der Waals surface area contributed by atoms with Crippen molar-refractivity contribution in [2.45, 2.75) is 6.92 Å². The molecule has 2 N–H and O–H groups in total. The lowest BCUT2D eigenvalue weighted by Gasteiger charge is -2.09. The van der Waals surface area contributed by atoms with E-state index in [9.17, 15) is 10.1 Å². The molecule has 0 spiro atoms. The fourth-order valence-corrected chi connectivity index (χ4v) is 2.07. The van der Waals surface area contributed by atoms with Crippen LogP contribution in [-0.2, 0) is 0 Å². The van der Waals surface area contributed by atoms with Gasteiger partial charge in [0.25, 0.3) is 0 Å². The van der Waals surface area contributed by atoms with E-state index < -0.39 is 4.92 Å². The number of hydrogen-bond acceptors (Lipinski definition) is 7. The van der Waals surface area contributed by atoms with Crippen LogP contribution in [0.15, 0.2) is 55.0 Å². The van der Waals surface area contributed by atoms with Crippen LogP contribution < -0.4 is 10.6 Å². The van der Waals surface area contributed by atoms with Gasteiger partial charge in [0.15, 0.2) is 0 Å². The quantitative estimate of drug-likeness (QED) is 0.546. The molecule has 2 aromatic heterocycles. The van der Waals surface area contributed by atoms with E-state index in [-0.39, 0.29) is 17.3 Å². The molecule has 120 valence electrons. The van der Waals surface area contributed by atoms with Gasteiger partial charge in [-0.1, -0.05) is 23.8 Å². The molecule has 0 aliphatic carbocycles. The van der Waals surface area contributed by atoms with Crippen molar-refractivity contribution in [3.8, 4) is 0 Å². The molecule has 0 fully saturated rings. The zero-order valence-corrected chi connectivity index (χ0v) is 12.8. The molecule has 0 saturated heterocycles. The molecular weight excluding hydrogens is 308 g/mol. The maximum Gasteiger partial charge on any atom is 0.353 e. The maximum absolute atomic E-state index is 11.5. The van der Waals surface area contributed by atoms with Gasteiger partial charge in [-0.25, -0.2) is 15.0 Å². The summed E-state index contributed by atoms with van der Waals surface area (Å²) in [4.78, 5) is 23.0. The van der Waals surface area contributed by atoms with Gasteiger partial charge in [0, 0.05) is 11.9 Å². The van der Waals surface area contributed by atoms with Crippen LogP contribution in [0.1, 0.15) is 5.56 Å². The van der Waals surface area contributed by atoms with Crippen molar-refractivity contribution in [2.24, 2.45) is 0 Å². The van der Waals surface area contributed by atoms with Gasteiger partial charge >= 0.3 is 5.69 Å². The molecule has 3 rings (SSSR count). The van der Waals surface area contributed by atoms with Gasteiger partial charge in [-0.15, -0.1) is 0 Å². The normalized spacial score (nSPS) is 10.2. The Labute approximate surface area is 137 Å². The van der Waals surface area contributed by atoms with Crippen molar-refractivity contribution in [2.75, 3.05) is 10.6 Å². The minimum Gasteiger partial charge on any atom is -0.334 e. The summed E-state index contributed by atoms with van der Waals surface area (Å²) in [6.07, 6.45) is 2.84. The molecule has 3 aromatic rings. The third-order valence-corrected chi connectivity index (χ3v) is 3.23. The Bertz CT molecular complexity index is 852. The van der Waals surface area contributed by atoms with Crippen molar-refractivity contribution in [3.05, 3.63) is 70.7 Å². The van der Waals surface area contributed by atoms with Gasteiger partial charge in [-0.05, 0) is 31.2 Å². The van der Waals surface area contributed by atoms with Crippen molar-refractivity contribution >= 4 is 28.8 Å². The second-order valence-corrected chi connectivity index (χ2v) is 5.01. The molecule has 2 heterocycles. The smallest absolute Gasteiger partial charge is 0.334 e. The van der Waals surface area contributed by atoms with E-state index in [1.54, 1.807) is 24.4 Å². The Morgan fingerprint density at radius 2 is 1.67 bits per heavy atom. The first kappa shape index (κ1) is 15.3. The summed E-state index contributed by atoms with van der Waals surface area (Å²) >= 11 is 0. The average molecular weight is 322 g/mol. The van der Waals surface area contributed by atoms with Gasteiger partial charge < -0.3 is 10.6 Å². The van der Waals surface area contributed by atoms with E-state index in [4.69, 9.17) is 0 Å². The first-order chi connectivity index (χ1) is 11.6. The average Bonchev–Trinajstić information content (AvgIpc) is 2.58. The highest BCUT2D eigenvalue weighted by molar-refractivity contribution is 5.76. The lowest BCUT2D eigenvalue weighted by molar-refractivity contribution is -0.383. The van der Waals surface area contributed by atoms with Crippen LogP contribution in [0.4, 0.5) is 28.8 Å². The van der Waals surface area contributed by atoms with Crippen LogP contribution in [0.25, 0.3) is 0 Å². The molecule has 0 atom stereocenters. The van der Waals surface area contributed by atoms with Gasteiger partial charge in [0.1, 0.15) is 12.1 Å². The van der Waals surface area contributed by atoms with Crippen LogP contribution in [-0.4, -0.2) is 19.9 Å². The minimum atomic E-state index is -0.526. The van der Waals surface area contributed by atoms with Gasteiger partial charge in [0.2, 0.25) is 11.6 Å². The van der Waals surface area contributed by atoms with E-state index in [1.165, 1.54) is 6.33 Å². The molecule has 0 aliphatic heterocycles. The Hall–Kier alpha value is -3.55. The van der Waals surface area contributed by atoms with E-state index in [0.717, 1.165) is 5.56 Å². The van der Waals surface area contributed by atoms with E-state index in [1.807, 2.05) is 31.2 Å². The van der Waals surface area contributed by atoms with Crippen LogP contribution in [0.5, 0.6) is 0 Å². The number of anilines is 4. The third kappa shape index (κ3) is 3.43. The predicted molar refractivity (Wildman–Crippen MR) is 90.7 cm³/mol. The molecule has 0 saturated carbocycles. The zero-order chi connectivity index (χ0) is 16.9. The van der Waals surface area contributed by atoms with Crippen molar-refractivity contribution in [3.63, 3.8) is 0 Å². The van der Waals surface area contributed by atoms with E-state index >= 15 is 0 Å². The Balaban J connectivity index is 1.96. The summed E-state index contributed by atoms with van der Waals surface area (Å²) in [5.41, 5.74) is 1.55. The van der Waals surface area contributed by atoms with Crippen molar-refractivity contribution in [1.82, 2.24) is 15.0 Å². The first-order valence-corrected chi connectivity index (χ1v) is 7.14. The highest BCUT2D eigenvalue weighted by Gasteiger charge is 2.23. The molecule has 8 nitrogen and oxygen atoms in total. The number of aryl methyl sites for hydroxylation is 1. The molecule has 0 bridgehead atoms. The summed E-state index contributed by atoms with van der Waals surface area (Å²) in [7, 11) is 0. The number of rotatable bonds is 5. The Morgan fingerprint density at radius 1 is 0.958 bits per heavy atom. The summed E-state index contributed by atoms with van der Waals surface area (Å²) in [5, 5.41) is 17.3. The predicted octanol–water partition coefficient (Wildman–Crippen LogP) is 3.58. The van der Waals surface area contributed by atoms with Crippen molar-refractivity contribution < 1.29 is 4.92 Å². The van der Waals surface area contributed by atoms with E-state index in [0.29, 0.717) is 11.5 Å². The van der Waals surface area contributed by atoms with Crippen molar-refractivity contribution in [1.29, 1.82) is 0 Å². The lowest BCUT2D eigenvalue weighted by Crippen LogP contribution is -2.06. The van der Waals surface area contributed by atoms with Gasteiger partial charge in [0.05, 0.1) is 4.92 Å². The van der Waals surface area contributed by atoms with Crippen LogP contribution >= 0.6 is 0 Å². The highest BCUT2D eigenvalue weighted by Crippen LogP contribution is 2.32. The number of pyridine rings is 1. The number of hydrogen-bond donors (Lipinski definition) is 2.